The van der Waals surface area contributed by atoms with Crippen molar-refractivity contribution in [1.29, 1.82) is 0 Å². The largest absolute Gasteiger partial charge is 0.452 e. The highest BCUT2D eigenvalue weighted by molar-refractivity contribution is 5.91. The van der Waals surface area contributed by atoms with E-state index in [2.05, 4.69) is 4.74 Å². The summed E-state index contributed by atoms with van der Waals surface area (Å²) in [5.74, 6) is -1.19. The van der Waals surface area contributed by atoms with Gasteiger partial charge in [0.2, 0.25) is 0 Å². The highest BCUT2D eigenvalue weighted by Gasteiger charge is 2.09. The van der Waals surface area contributed by atoms with E-state index < -0.39 is 11.9 Å². The Morgan fingerprint density at radius 1 is 1.20 bits per heavy atom. The molecule has 4 heteroatoms. The van der Waals surface area contributed by atoms with E-state index in [9.17, 15) is 9.59 Å². The molecule has 0 atom stereocenters. The molecule has 0 spiro atoms. The molecule has 0 fully saturated rings. The summed E-state index contributed by atoms with van der Waals surface area (Å²) in [6.07, 6.45) is 0. The fourth-order valence-corrected chi connectivity index (χ4v) is 1.31. The van der Waals surface area contributed by atoms with Crippen molar-refractivity contribution in [3.63, 3.8) is 0 Å². The van der Waals surface area contributed by atoms with Crippen molar-refractivity contribution in [3.05, 3.63) is 34.9 Å². The van der Waals surface area contributed by atoms with Crippen molar-refractivity contribution in [1.82, 2.24) is 0 Å². The number of esters is 1. The van der Waals surface area contributed by atoms with Crippen LogP contribution < -0.4 is 5.73 Å². The van der Waals surface area contributed by atoms with Gasteiger partial charge in [-0.3, -0.25) is 4.79 Å². The molecule has 80 valence electrons. The average Bonchev–Trinajstić information content (AvgIpc) is 2.12. The Morgan fingerprint density at radius 2 is 1.73 bits per heavy atom. The van der Waals surface area contributed by atoms with Crippen LogP contribution in [0.25, 0.3) is 0 Å². The number of amides is 1. The Bertz CT molecular complexity index is 379. The summed E-state index contributed by atoms with van der Waals surface area (Å²) in [6.45, 7) is 3.39. The number of hydrogen-bond donors (Lipinski definition) is 1. The number of primary amides is 1. The second-order valence-electron chi connectivity index (χ2n) is 3.42. The minimum atomic E-state index is -0.660. The lowest BCUT2D eigenvalue weighted by atomic mass is 10.1. The van der Waals surface area contributed by atoms with E-state index in [0.29, 0.717) is 5.56 Å². The Kier molecular flexibility index (Phi) is 3.44. The van der Waals surface area contributed by atoms with Crippen molar-refractivity contribution in [2.45, 2.75) is 13.8 Å². The van der Waals surface area contributed by atoms with Crippen molar-refractivity contribution in [2.24, 2.45) is 5.73 Å². The molecule has 4 nitrogen and oxygen atoms in total. The maximum atomic E-state index is 11.4. The third-order valence-electron chi connectivity index (χ3n) is 1.80. The van der Waals surface area contributed by atoms with Gasteiger partial charge in [-0.05, 0) is 26.0 Å². The molecule has 0 aliphatic heterocycles. The topological polar surface area (TPSA) is 69.4 Å². The number of hydrogen-bond acceptors (Lipinski definition) is 3. The van der Waals surface area contributed by atoms with Gasteiger partial charge in [-0.1, -0.05) is 17.2 Å². The molecule has 0 radical (unpaired) electrons. The van der Waals surface area contributed by atoms with Crippen molar-refractivity contribution in [3.8, 4) is 0 Å². The molecule has 0 aliphatic carbocycles. The van der Waals surface area contributed by atoms with Crippen LogP contribution in [0.4, 0.5) is 0 Å². The SMILES string of the molecule is Cc1cc(C)cc(C(=O)OCC(N)=O)c1. The molecule has 0 saturated carbocycles. The number of aryl methyl sites for hydroxylation is 2. The first-order valence-electron chi connectivity index (χ1n) is 4.53. The molecular weight excluding hydrogens is 194 g/mol. The zero-order valence-corrected chi connectivity index (χ0v) is 8.74. The summed E-state index contributed by atoms with van der Waals surface area (Å²) in [7, 11) is 0. The predicted molar refractivity (Wildman–Crippen MR) is 55.4 cm³/mol. The fraction of sp³-hybridized carbons (Fsp3) is 0.273. The third kappa shape index (κ3) is 3.42. The Balaban J connectivity index is 2.77. The van der Waals surface area contributed by atoms with Crippen molar-refractivity contribution >= 4 is 11.9 Å². The van der Waals surface area contributed by atoms with E-state index in [4.69, 9.17) is 5.73 Å². The van der Waals surface area contributed by atoms with E-state index in [1.54, 1.807) is 12.1 Å². The molecule has 15 heavy (non-hydrogen) atoms. The monoisotopic (exact) mass is 207 g/mol. The van der Waals surface area contributed by atoms with Crippen LogP contribution in [0.15, 0.2) is 18.2 Å². The van der Waals surface area contributed by atoms with Gasteiger partial charge in [-0.15, -0.1) is 0 Å². The van der Waals surface area contributed by atoms with E-state index in [1.165, 1.54) is 0 Å². The molecule has 0 heterocycles. The quantitative estimate of drug-likeness (QED) is 0.750. The molecule has 1 aromatic rings. The van der Waals surface area contributed by atoms with E-state index in [0.717, 1.165) is 11.1 Å². The summed E-state index contributed by atoms with van der Waals surface area (Å²) in [5, 5.41) is 0. The molecule has 1 amide bonds. The Morgan fingerprint density at radius 3 is 2.20 bits per heavy atom. The van der Waals surface area contributed by atoms with Crippen LogP contribution in [0.2, 0.25) is 0 Å². The molecule has 0 aromatic heterocycles. The van der Waals surface area contributed by atoms with Crippen LogP contribution in [0.1, 0.15) is 21.5 Å². The summed E-state index contributed by atoms with van der Waals surface area (Å²) in [5.41, 5.74) is 7.25. The van der Waals surface area contributed by atoms with Gasteiger partial charge in [-0.25, -0.2) is 4.79 Å². The zero-order chi connectivity index (χ0) is 11.4. The van der Waals surface area contributed by atoms with Gasteiger partial charge in [0, 0.05) is 0 Å². The van der Waals surface area contributed by atoms with Crippen LogP contribution >= 0.6 is 0 Å². The Labute approximate surface area is 88.0 Å². The number of rotatable bonds is 3. The molecule has 0 unspecified atom stereocenters. The van der Waals surface area contributed by atoms with Crippen molar-refractivity contribution in [2.75, 3.05) is 6.61 Å². The van der Waals surface area contributed by atoms with Gasteiger partial charge in [0.1, 0.15) is 0 Å². The molecule has 1 aromatic carbocycles. The van der Waals surface area contributed by atoms with Crippen LogP contribution in [0, 0.1) is 13.8 Å². The lowest BCUT2D eigenvalue weighted by molar-refractivity contribution is -0.121. The van der Waals surface area contributed by atoms with Crippen LogP contribution in [-0.4, -0.2) is 18.5 Å². The fourth-order valence-electron chi connectivity index (χ4n) is 1.31. The number of ether oxygens (including phenoxy) is 1. The molecule has 0 bridgehead atoms. The maximum Gasteiger partial charge on any atom is 0.338 e. The summed E-state index contributed by atoms with van der Waals surface area (Å²) in [6, 6.07) is 5.36. The number of nitrogens with two attached hydrogens (primary N) is 1. The standard InChI is InChI=1S/C11H13NO3/c1-7-3-8(2)5-9(4-7)11(14)15-6-10(12)13/h3-5H,6H2,1-2H3,(H2,12,13). The van der Waals surface area contributed by atoms with Gasteiger partial charge in [0.05, 0.1) is 5.56 Å². The minimum absolute atomic E-state index is 0.383. The third-order valence-corrected chi connectivity index (χ3v) is 1.80. The van der Waals surface area contributed by atoms with Crippen molar-refractivity contribution < 1.29 is 14.3 Å². The summed E-state index contributed by atoms with van der Waals surface area (Å²) in [4.78, 5) is 21.8. The second kappa shape index (κ2) is 4.59. The molecule has 2 N–H and O–H groups in total. The number of carbonyl (C=O) groups is 2. The number of carbonyl (C=O) groups excluding carboxylic acids is 2. The van der Waals surface area contributed by atoms with Crippen LogP contribution in [0.5, 0.6) is 0 Å². The highest BCUT2D eigenvalue weighted by Crippen LogP contribution is 2.09. The molecule has 1 rings (SSSR count). The average molecular weight is 207 g/mol. The van der Waals surface area contributed by atoms with Gasteiger partial charge >= 0.3 is 5.97 Å². The lowest BCUT2D eigenvalue weighted by Gasteiger charge is -2.04. The summed E-state index contributed by atoms with van der Waals surface area (Å²) >= 11 is 0. The zero-order valence-electron chi connectivity index (χ0n) is 8.74. The van der Waals surface area contributed by atoms with Gasteiger partial charge in [0.15, 0.2) is 6.61 Å². The first kappa shape index (κ1) is 11.2. The predicted octanol–water partition coefficient (Wildman–Crippen LogP) is 0.946. The summed E-state index contributed by atoms with van der Waals surface area (Å²) < 4.78 is 4.69. The second-order valence-corrected chi connectivity index (χ2v) is 3.42. The normalized spacial score (nSPS) is 9.73. The minimum Gasteiger partial charge on any atom is -0.452 e. The smallest absolute Gasteiger partial charge is 0.338 e. The molecule has 0 aliphatic rings. The van der Waals surface area contributed by atoms with Gasteiger partial charge in [0.25, 0.3) is 5.91 Å². The van der Waals surface area contributed by atoms with Gasteiger partial charge < -0.3 is 10.5 Å². The van der Waals surface area contributed by atoms with E-state index in [-0.39, 0.29) is 6.61 Å². The van der Waals surface area contributed by atoms with E-state index >= 15 is 0 Å². The van der Waals surface area contributed by atoms with Crippen LogP contribution in [-0.2, 0) is 9.53 Å². The highest BCUT2D eigenvalue weighted by atomic mass is 16.5. The molecular formula is C11H13NO3. The first-order chi connectivity index (χ1) is 6.99. The lowest BCUT2D eigenvalue weighted by Crippen LogP contribution is -2.21. The number of benzene rings is 1. The van der Waals surface area contributed by atoms with Crippen LogP contribution in [0.3, 0.4) is 0 Å². The molecule has 0 saturated heterocycles. The maximum absolute atomic E-state index is 11.4. The van der Waals surface area contributed by atoms with E-state index in [1.807, 2.05) is 19.9 Å². The first-order valence-corrected chi connectivity index (χ1v) is 4.53. The van der Waals surface area contributed by atoms with Gasteiger partial charge in [-0.2, -0.15) is 0 Å². The Hall–Kier alpha value is -1.84.